The van der Waals surface area contributed by atoms with Crippen LogP contribution in [0.5, 0.6) is 5.75 Å². The maximum absolute atomic E-state index is 13.3. The van der Waals surface area contributed by atoms with Gasteiger partial charge in [-0.1, -0.05) is 12.1 Å². The van der Waals surface area contributed by atoms with E-state index in [9.17, 15) is 9.18 Å². The number of carbonyl (C=O) groups excluding carboxylic acids is 1. The first-order chi connectivity index (χ1) is 14.8. The summed E-state index contributed by atoms with van der Waals surface area (Å²) in [6, 6.07) is 8.99. The largest absolute Gasteiger partial charge is 0.461 e. The second-order valence-corrected chi connectivity index (χ2v) is 8.48. The van der Waals surface area contributed by atoms with Gasteiger partial charge in [-0.2, -0.15) is 5.10 Å². The fourth-order valence-electron chi connectivity index (χ4n) is 3.75. The molecule has 0 spiro atoms. The van der Waals surface area contributed by atoms with Crippen molar-refractivity contribution in [2.45, 2.75) is 52.1 Å². The van der Waals surface area contributed by atoms with Crippen molar-refractivity contribution in [1.29, 1.82) is 0 Å². The molecule has 4 rings (SSSR count). The zero-order valence-corrected chi connectivity index (χ0v) is 18.2. The summed E-state index contributed by atoms with van der Waals surface area (Å²) in [6.45, 7) is 8.49. The fourth-order valence-corrected chi connectivity index (χ4v) is 3.75. The van der Waals surface area contributed by atoms with E-state index in [2.05, 4.69) is 10.3 Å². The quantitative estimate of drug-likeness (QED) is 0.636. The summed E-state index contributed by atoms with van der Waals surface area (Å²) in [5.74, 6) is 0.232. The number of hydrogen-bond donors (Lipinski definition) is 1. The van der Waals surface area contributed by atoms with Gasteiger partial charge in [0.15, 0.2) is 0 Å². The van der Waals surface area contributed by atoms with Crippen LogP contribution in [0, 0.1) is 0 Å². The van der Waals surface area contributed by atoms with Gasteiger partial charge in [-0.25, -0.2) is 4.39 Å². The number of pyridine rings is 1. The van der Waals surface area contributed by atoms with E-state index in [0.717, 1.165) is 17.5 Å². The molecule has 1 saturated heterocycles. The number of nitrogens with one attached hydrogen (secondary N) is 1. The Morgan fingerprint density at radius 3 is 2.81 bits per heavy atom. The Hall–Kier alpha value is -3.00. The van der Waals surface area contributed by atoms with E-state index in [1.165, 1.54) is 6.92 Å². The van der Waals surface area contributed by atoms with Crippen LogP contribution in [0.3, 0.4) is 0 Å². The monoisotopic (exact) mass is 426 g/mol. The van der Waals surface area contributed by atoms with Crippen molar-refractivity contribution in [3.63, 3.8) is 0 Å². The lowest BCUT2D eigenvalue weighted by Crippen LogP contribution is -2.46. The summed E-state index contributed by atoms with van der Waals surface area (Å²) in [5, 5.41) is 7.81. The third kappa shape index (κ3) is 4.39. The molecule has 0 radical (unpaired) electrons. The van der Waals surface area contributed by atoms with Gasteiger partial charge in [0, 0.05) is 31.3 Å². The number of hydrogen-bond acceptors (Lipinski definition) is 5. The number of amides is 1. The highest BCUT2D eigenvalue weighted by atomic mass is 19.1. The van der Waals surface area contributed by atoms with Crippen LogP contribution < -0.4 is 10.1 Å². The normalized spacial score (nSPS) is 19.7. The van der Waals surface area contributed by atoms with Gasteiger partial charge in [0.2, 0.25) is 6.36 Å². The first-order valence-corrected chi connectivity index (χ1v) is 10.5. The van der Waals surface area contributed by atoms with E-state index in [0.29, 0.717) is 35.7 Å². The minimum atomic E-state index is -1.41. The number of ether oxygens (including phenoxy) is 2. The van der Waals surface area contributed by atoms with Crippen LogP contribution in [0.2, 0.25) is 0 Å². The first-order valence-electron chi connectivity index (χ1n) is 10.5. The predicted molar refractivity (Wildman–Crippen MR) is 116 cm³/mol. The Labute approximate surface area is 180 Å². The molecule has 3 heterocycles. The number of aromatic nitrogens is 3. The van der Waals surface area contributed by atoms with Crippen LogP contribution in [0.15, 0.2) is 36.5 Å². The fraction of sp³-hybridized carbons (Fsp3) is 0.435. The van der Waals surface area contributed by atoms with Crippen molar-refractivity contribution >= 4 is 16.9 Å². The molecule has 1 aromatic carbocycles. The Morgan fingerprint density at radius 1 is 1.32 bits per heavy atom. The SMILES string of the molecule is CC(F)Oc1cccc(-c2nn(C(C)C)c3cc(C(=O)N[C@@]4(C)CCOC4)cnc23)c1. The van der Waals surface area contributed by atoms with Crippen molar-refractivity contribution in [3.8, 4) is 17.0 Å². The van der Waals surface area contributed by atoms with Crippen LogP contribution >= 0.6 is 0 Å². The molecule has 1 unspecified atom stereocenters. The number of alkyl halides is 1. The summed E-state index contributed by atoms with van der Waals surface area (Å²) < 4.78 is 25.7. The molecular formula is C23H27FN4O3. The Bertz CT molecular complexity index is 1100. The number of benzene rings is 1. The van der Waals surface area contributed by atoms with Crippen LogP contribution in [-0.2, 0) is 4.74 Å². The molecule has 1 N–H and O–H groups in total. The molecule has 8 heteroatoms. The molecular weight excluding hydrogens is 399 g/mol. The molecule has 0 bridgehead atoms. The van der Waals surface area contributed by atoms with Crippen LogP contribution in [0.1, 0.15) is 50.5 Å². The zero-order valence-electron chi connectivity index (χ0n) is 18.2. The average Bonchev–Trinajstić information content (AvgIpc) is 3.31. The van der Waals surface area contributed by atoms with E-state index in [1.54, 1.807) is 24.4 Å². The molecule has 1 aliphatic heterocycles. The molecule has 164 valence electrons. The van der Waals surface area contributed by atoms with Crippen molar-refractivity contribution in [1.82, 2.24) is 20.1 Å². The summed E-state index contributed by atoms with van der Waals surface area (Å²) in [5.41, 5.74) is 2.95. The lowest BCUT2D eigenvalue weighted by molar-refractivity contribution is 0.0860. The average molecular weight is 426 g/mol. The van der Waals surface area contributed by atoms with Gasteiger partial charge in [-0.05, 0) is 45.4 Å². The lowest BCUT2D eigenvalue weighted by Gasteiger charge is -2.23. The van der Waals surface area contributed by atoms with Crippen molar-refractivity contribution in [2.24, 2.45) is 0 Å². The number of halogens is 1. The molecule has 1 amide bonds. The second-order valence-electron chi connectivity index (χ2n) is 8.48. The molecule has 31 heavy (non-hydrogen) atoms. The highest BCUT2D eigenvalue weighted by Crippen LogP contribution is 2.31. The molecule has 0 aliphatic carbocycles. The smallest absolute Gasteiger partial charge is 0.253 e. The summed E-state index contributed by atoms with van der Waals surface area (Å²) >= 11 is 0. The minimum Gasteiger partial charge on any atom is -0.461 e. The standard InChI is InChI=1S/C23H27FN4O3/c1-14(2)28-19-11-17(22(29)26-23(4)8-9-30-13-23)12-25-21(19)20(27-28)16-6-5-7-18(10-16)31-15(3)24/h5-7,10-12,14-15H,8-9,13H2,1-4H3,(H,26,29)/t15?,23-/m0/s1. The van der Waals surface area contributed by atoms with E-state index in [4.69, 9.17) is 14.6 Å². The van der Waals surface area contributed by atoms with E-state index < -0.39 is 6.36 Å². The first kappa shape index (κ1) is 21.2. The minimum absolute atomic E-state index is 0.0578. The van der Waals surface area contributed by atoms with Crippen molar-refractivity contribution in [2.75, 3.05) is 13.2 Å². The van der Waals surface area contributed by atoms with Gasteiger partial charge in [0.05, 0.1) is 23.2 Å². The van der Waals surface area contributed by atoms with Gasteiger partial charge in [-0.3, -0.25) is 14.5 Å². The molecule has 1 fully saturated rings. The molecule has 7 nitrogen and oxygen atoms in total. The predicted octanol–water partition coefficient (Wildman–Crippen LogP) is 4.28. The number of fused-ring (bicyclic) bond motifs is 1. The van der Waals surface area contributed by atoms with E-state index in [1.807, 2.05) is 37.6 Å². The van der Waals surface area contributed by atoms with Gasteiger partial charge < -0.3 is 14.8 Å². The van der Waals surface area contributed by atoms with Crippen LogP contribution in [0.4, 0.5) is 4.39 Å². The molecule has 2 atom stereocenters. The van der Waals surface area contributed by atoms with E-state index >= 15 is 0 Å². The third-order valence-electron chi connectivity index (χ3n) is 5.34. The summed E-state index contributed by atoms with van der Waals surface area (Å²) in [6.07, 6.45) is 0.932. The molecule has 0 saturated carbocycles. The number of nitrogens with zero attached hydrogens (tertiary/aromatic N) is 3. The van der Waals surface area contributed by atoms with Gasteiger partial charge in [0.1, 0.15) is 17.0 Å². The molecule has 3 aromatic rings. The highest BCUT2D eigenvalue weighted by molar-refractivity contribution is 5.99. The molecule has 2 aromatic heterocycles. The number of rotatable bonds is 6. The number of carbonyl (C=O) groups is 1. The lowest BCUT2D eigenvalue weighted by atomic mass is 10.0. The zero-order chi connectivity index (χ0) is 22.2. The van der Waals surface area contributed by atoms with Gasteiger partial charge in [-0.15, -0.1) is 0 Å². The summed E-state index contributed by atoms with van der Waals surface area (Å²) in [7, 11) is 0. The van der Waals surface area contributed by atoms with Crippen molar-refractivity contribution in [3.05, 3.63) is 42.1 Å². The molecule has 1 aliphatic rings. The third-order valence-corrected chi connectivity index (χ3v) is 5.34. The maximum atomic E-state index is 13.3. The Morgan fingerprint density at radius 2 is 2.13 bits per heavy atom. The summed E-state index contributed by atoms with van der Waals surface area (Å²) in [4.78, 5) is 17.4. The maximum Gasteiger partial charge on any atom is 0.253 e. The van der Waals surface area contributed by atoms with Gasteiger partial charge >= 0.3 is 0 Å². The van der Waals surface area contributed by atoms with Crippen LogP contribution in [0.25, 0.3) is 22.3 Å². The van der Waals surface area contributed by atoms with Crippen molar-refractivity contribution < 1.29 is 18.7 Å². The Kier molecular flexibility index (Phi) is 5.66. The van der Waals surface area contributed by atoms with E-state index in [-0.39, 0.29) is 17.5 Å². The van der Waals surface area contributed by atoms with Crippen LogP contribution in [-0.4, -0.2) is 45.8 Å². The highest BCUT2D eigenvalue weighted by Gasteiger charge is 2.32. The Balaban J connectivity index is 1.73. The topological polar surface area (TPSA) is 78.3 Å². The van der Waals surface area contributed by atoms with Gasteiger partial charge in [0.25, 0.3) is 5.91 Å². The second kappa shape index (κ2) is 8.26.